The van der Waals surface area contributed by atoms with Crippen molar-refractivity contribution in [2.75, 3.05) is 17.2 Å². The second-order valence-electron chi connectivity index (χ2n) is 7.27. The molecule has 0 saturated carbocycles. The molecule has 0 radical (unpaired) electrons. The first-order valence-corrected chi connectivity index (χ1v) is 10.6. The molecule has 8 nitrogen and oxygen atoms in total. The summed E-state index contributed by atoms with van der Waals surface area (Å²) in [5.74, 6) is -0.0744. The maximum absolute atomic E-state index is 13.2. The molecule has 0 aliphatic carbocycles. The van der Waals surface area contributed by atoms with Crippen LogP contribution < -0.4 is 26.6 Å². The second-order valence-corrected chi connectivity index (χ2v) is 7.71. The third-order valence-electron chi connectivity index (χ3n) is 4.86. The van der Waals surface area contributed by atoms with Gasteiger partial charge in [0.15, 0.2) is 11.8 Å². The number of hydrogen-bond acceptors (Lipinski definition) is 5. The molecule has 3 aromatic rings. The molecule has 9 heteroatoms. The molecule has 1 unspecified atom stereocenters. The highest BCUT2D eigenvalue weighted by atomic mass is 35.5. The Balaban J connectivity index is 1.96. The van der Waals surface area contributed by atoms with E-state index >= 15 is 0 Å². The summed E-state index contributed by atoms with van der Waals surface area (Å²) >= 11 is 5.89. The fraction of sp³-hybridized carbons (Fsp3) is 0.261. The smallest absolute Gasteiger partial charge is 0.330 e. The summed E-state index contributed by atoms with van der Waals surface area (Å²) in [5, 5.41) is 0.545. The van der Waals surface area contributed by atoms with E-state index < -0.39 is 23.3 Å². The summed E-state index contributed by atoms with van der Waals surface area (Å²) in [7, 11) is 0. The lowest BCUT2D eigenvalue weighted by Crippen LogP contribution is -2.46. The number of carbonyl (C=O) groups excluding carboxylic acids is 1. The van der Waals surface area contributed by atoms with Gasteiger partial charge < -0.3 is 15.4 Å². The molecule has 32 heavy (non-hydrogen) atoms. The summed E-state index contributed by atoms with van der Waals surface area (Å²) in [4.78, 5) is 42.0. The molecule has 0 bridgehead atoms. The monoisotopic (exact) mass is 456 g/mol. The van der Waals surface area contributed by atoms with Gasteiger partial charge in [-0.3, -0.25) is 19.1 Å². The minimum absolute atomic E-state index is 0.0704. The van der Waals surface area contributed by atoms with E-state index in [0.29, 0.717) is 17.2 Å². The Hall–Kier alpha value is -3.52. The summed E-state index contributed by atoms with van der Waals surface area (Å²) in [6.45, 7) is 3.84. The van der Waals surface area contributed by atoms with Gasteiger partial charge in [-0.1, -0.05) is 48.9 Å². The Labute approximate surface area is 190 Å². The highest BCUT2D eigenvalue weighted by molar-refractivity contribution is 6.30. The van der Waals surface area contributed by atoms with Crippen LogP contribution in [0.25, 0.3) is 0 Å². The van der Waals surface area contributed by atoms with E-state index in [0.717, 1.165) is 5.56 Å². The highest BCUT2D eigenvalue weighted by Crippen LogP contribution is 2.22. The number of nitrogens with one attached hydrogen (secondary N) is 1. The molecule has 0 fully saturated rings. The molecule has 1 amide bonds. The molecular weight excluding hydrogens is 432 g/mol. The fourth-order valence-corrected chi connectivity index (χ4v) is 3.43. The van der Waals surface area contributed by atoms with E-state index in [4.69, 9.17) is 22.1 Å². The van der Waals surface area contributed by atoms with Crippen LogP contribution >= 0.6 is 11.6 Å². The number of nitrogens with zero attached hydrogens (tertiary/aromatic N) is 2. The van der Waals surface area contributed by atoms with Crippen LogP contribution in [-0.2, 0) is 11.3 Å². The van der Waals surface area contributed by atoms with Crippen molar-refractivity contribution >= 4 is 29.0 Å². The SMILES string of the molecule is CCCN(C(=O)C(C)Oc1ccc(Cl)cc1)c1c(N)n(Cc2ccccc2)c(=O)[nH]c1=O. The van der Waals surface area contributed by atoms with Crippen molar-refractivity contribution < 1.29 is 9.53 Å². The van der Waals surface area contributed by atoms with Gasteiger partial charge >= 0.3 is 5.69 Å². The molecule has 168 valence electrons. The lowest BCUT2D eigenvalue weighted by Gasteiger charge is -2.27. The number of rotatable bonds is 8. The van der Waals surface area contributed by atoms with Crippen molar-refractivity contribution in [3.63, 3.8) is 0 Å². The average molecular weight is 457 g/mol. The lowest BCUT2D eigenvalue weighted by molar-refractivity contribution is -0.124. The predicted molar refractivity (Wildman–Crippen MR) is 125 cm³/mol. The van der Waals surface area contributed by atoms with Crippen LogP contribution in [0.3, 0.4) is 0 Å². The number of anilines is 2. The third kappa shape index (κ3) is 5.20. The van der Waals surface area contributed by atoms with Crippen LogP contribution in [0.15, 0.2) is 64.2 Å². The van der Waals surface area contributed by atoms with Crippen LogP contribution in [0.4, 0.5) is 11.5 Å². The molecule has 0 aliphatic heterocycles. The zero-order valence-electron chi connectivity index (χ0n) is 17.9. The average Bonchev–Trinajstić information content (AvgIpc) is 2.77. The molecule has 0 aliphatic rings. The van der Waals surface area contributed by atoms with Gasteiger partial charge in [-0.15, -0.1) is 0 Å². The van der Waals surface area contributed by atoms with E-state index in [-0.39, 0.29) is 24.6 Å². The Bertz CT molecular complexity index is 1190. The first kappa shape index (κ1) is 23.1. The van der Waals surface area contributed by atoms with Crippen LogP contribution in [-0.4, -0.2) is 28.1 Å². The van der Waals surface area contributed by atoms with Gasteiger partial charge in [0.25, 0.3) is 11.5 Å². The normalized spacial score (nSPS) is 11.7. The number of benzene rings is 2. The Morgan fingerprint density at radius 1 is 1.16 bits per heavy atom. The molecule has 3 N–H and O–H groups in total. The number of aromatic nitrogens is 2. The third-order valence-corrected chi connectivity index (χ3v) is 5.11. The molecule has 2 aromatic carbocycles. The van der Waals surface area contributed by atoms with E-state index in [9.17, 15) is 14.4 Å². The van der Waals surface area contributed by atoms with Gasteiger partial charge in [0.2, 0.25) is 0 Å². The Morgan fingerprint density at radius 2 is 1.81 bits per heavy atom. The largest absolute Gasteiger partial charge is 0.481 e. The van der Waals surface area contributed by atoms with Gasteiger partial charge in [-0.25, -0.2) is 4.79 Å². The number of aromatic amines is 1. The molecule has 1 heterocycles. The van der Waals surface area contributed by atoms with Crippen molar-refractivity contribution in [2.45, 2.75) is 32.9 Å². The molecule has 0 spiro atoms. The highest BCUT2D eigenvalue weighted by Gasteiger charge is 2.28. The van der Waals surface area contributed by atoms with Crippen molar-refractivity contribution in [1.29, 1.82) is 0 Å². The number of amides is 1. The number of ether oxygens (including phenoxy) is 1. The first-order chi connectivity index (χ1) is 15.3. The number of halogens is 1. The predicted octanol–water partition coefficient (Wildman–Crippen LogP) is 3.03. The minimum atomic E-state index is -0.906. The maximum Gasteiger partial charge on any atom is 0.330 e. The van der Waals surface area contributed by atoms with Gasteiger partial charge in [0.05, 0.1) is 6.54 Å². The Kier molecular flexibility index (Phi) is 7.37. The van der Waals surface area contributed by atoms with E-state index in [1.54, 1.807) is 31.2 Å². The number of hydrogen-bond donors (Lipinski definition) is 2. The van der Waals surface area contributed by atoms with Crippen molar-refractivity contribution in [3.8, 4) is 5.75 Å². The molecule has 0 saturated heterocycles. The summed E-state index contributed by atoms with van der Waals surface area (Å²) < 4.78 is 6.98. The summed E-state index contributed by atoms with van der Waals surface area (Å²) in [6, 6.07) is 15.8. The molecule has 3 rings (SSSR count). The van der Waals surface area contributed by atoms with Crippen LogP contribution in [0.5, 0.6) is 5.75 Å². The number of nitrogen functional groups attached to an aromatic ring is 1. The zero-order chi connectivity index (χ0) is 23.3. The number of carbonyl (C=O) groups is 1. The summed E-state index contributed by atoms with van der Waals surface area (Å²) in [5.41, 5.74) is 5.65. The maximum atomic E-state index is 13.2. The van der Waals surface area contributed by atoms with Crippen molar-refractivity contribution in [3.05, 3.63) is 86.0 Å². The minimum Gasteiger partial charge on any atom is -0.481 e. The van der Waals surface area contributed by atoms with Crippen LogP contribution in [0.1, 0.15) is 25.8 Å². The molecular formula is C23H25ClN4O4. The number of nitrogens with two attached hydrogens (primary N) is 1. The van der Waals surface area contributed by atoms with Crippen LogP contribution in [0.2, 0.25) is 5.02 Å². The van der Waals surface area contributed by atoms with Gasteiger partial charge in [-0.05, 0) is 43.2 Å². The van der Waals surface area contributed by atoms with Crippen molar-refractivity contribution in [2.24, 2.45) is 0 Å². The zero-order valence-corrected chi connectivity index (χ0v) is 18.6. The summed E-state index contributed by atoms with van der Waals surface area (Å²) in [6.07, 6.45) is -0.341. The Morgan fingerprint density at radius 3 is 2.44 bits per heavy atom. The van der Waals surface area contributed by atoms with E-state index in [2.05, 4.69) is 4.98 Å². The lowest BCUT2D eigenvalue weighted by atomic mass is 10.2. The second kappa shape index (κ2) is 10.2. The molecule has 1 aromatic heterocycles. The van der Waals surface area contributed by atoms with Gasteiger partial charge in [0, 0.05) is 11.6 Å². The fourth-order valence-electron chi connectivity index (χ4n) is 3.30. The topological polar surface area (TPSA) is 110 Å². The standard InChI is InChI=1S/C23H25ClN4O4/c1-3-13-27(22(30)15(2)32-18-11-9-17(24)10-12-18)19-20(25)28(23(31)26-21(19)29)14-16-7-5-4-6-8-16/h4-12,15H,3,13-14,25H2,1-2H3,(H,26,29,31). The number of H-pyrrole nitrogens is 1. The van der Waals surface area contributed by atoms with Crippen LogP contribution in [0, 0.1) is 0 Å². The van der Waals surface area contributed by atoms with Crippen molar-refractivity contribution in [1.82, 2.24) is 9.55 Å². The quantitative estimate of drug-likeness (QED) is 0.541. The van der Waals surface area contributed by atoms with Gasteiger partial charge in [-0.2, -0.15) is 0 Å². The first-order valence-electron chi connectivity index (χ1n) is 10.2. The van der Waals surface area contributed by atoms with E-state index in [1.165, 1.54) is 9.47 Å². The van der Waals surface area contributed by atoms with E-state index in [1.807, 2.05) is 37.3 Å². The van der Waals surface area contributed by atoms with Gasteiger partial charge in [0.1, 0.15) is 11.6 Å². The molecule has 1 atom stereocenters.